The van der Waals surface area contributed by atoms with Gasteiger partial charge in [0, 0.05) is 12.6 Å². The van der Waals surface area contributed by atoms with Crippen LogP contribution in [0.25, 0.3) is 0 Å². The van der Waals surface area contributed by atoms with Gasteiger partial charge >= 0.3 is 0 Å². The Morgan fingerprint density at radius 2 is 2.00 bits per heavy atom. The van der Waals surface area contributed by atoms with Crippen LogP contribution in [0, 0.1) is 5.92 Å². The molecule has 2 nitrogen and oxygen atoms in total. The van der Waals surface area contributed by atoms with Crippen molar-refractivity contribution in [2.24, 2.45) is 5.92 Å². The number of benzene rings is 1. The van der Waals surface area contributed by atoms with E-state index in [1.54, 1.807) is 0 Å². The third-order valence-corrected chi connectivity index (χ3v) is 4.28. The Bertz CT molecular complexity index is 336. The highest BCUT2D eigenvalue weighted by Gasteiger charge is 2.20. The predicted molar refractivity (Wildman–Crippen MR) is 77.6 cm³/mol. The van der Waals surface area contributed by atoms with Crippen molar-refractivity contribution in [3.05, 3.63) is 35.9 Å². The van der Waals surface area contributed by atoms with Gasteiger partial charge in [-0.2, -0.15) is 0 Å². The third-order valence-electron chi connectivity index (χ3n) is 4.28. The largest absolute Gasteiger partial charge is 0.317 e. The van der Waals surface area contributed by atoms with Gasteiger partial charge < -0.3 is 5.32 Å². The lowest BCUT2D eigenvalue weighted by Gasteiger charge is -2.23. The molecule has 0 radical (unpaired) electrons. The zero-order valence-corrected chi connectivity index (χ0v) is 11.7. The van der Waals surface area contributed by atoms with Crippen LogP contribution < -0.4 is 5.32 Å². The maximum atomic E-state index is 3.41. The van der Waals surface area contributed by atoms with E-state index in [-0.39, 0.29) is 0 Å². The average Bonchev–Trinajstić information content (AvgIpc) is 2.65. The Kier molecular flexibility index (Phi) is 5.21. The van der Waals surface area contributed by atoms with E-state index in [9.17, 15) is 0 Å². The van der Waals surface area contributed by atoms with Gasteiger partial charge in [-0.1, -0.05) is 30.3 Å². The molecule has 0 bridgehead atoms. The van der Waals surface area contributed by atoms with Crippen LogP contribution in [0.4, 0.5) is 0 Å². The molecule has 100 valence electrons. The Balaban J connectivity index is 1.86. The van der Waals surface area contributed by atoms with Gasteiger partial charge in [-0.15, -0.1) is 0 Å². The molecule has 0 aliphatic carbocycles. The Morgan fingerprint density at radius 1 is 1.22 bits per heavy atom. The van der Waals surface area contributed by atoms with Crippen molar-refractivity contribution >= 4 is 0 Å². The maximum Gasteiger partial charge on any atom is 0.0233 e. The van der Waals surface area contributed by atoms with E-state index < -0.39 is 0 Å². The summed E-state index contributed by atoms with van der Waals surface area (Å²) in [5.41, 5.74) is 1.44. The van der Waals surface area contributed by atoms with Gasteiger partial charge in [-0.05, 0) is 57.8 Å². The standard InChI is InChI=1S/C16H26N2/c1-14(17-2)16-9-6-11-18(12-10-16)13-15-7-4-3-5-8-15/h3-5,7-8,14,16-17H,6,9-13H2,1-2H3. The SMILES string of the molecule is CNC(C)C1CCCN(Cc2ccccc2)CC1. The van der Waals surface area contributed by atoms with Crippen molar-refractivity contribution in [1.82, 2.24) is 10.2 Å². The van der Waals surface area contributed by atoms with Crippen LogP contribution in [0.2, 0.25) is 0 Å². The molecule has 2 unspecified atom stereocenters. The van der Waals surface area contributed by atoms with E-state index in [2.05, 4.69) is 54.5 Å². The van der Waals surface area contributed by atoms with E-state index in [1.165, 1.54) is 37.9 Å². The van der Waals surface area contributed by atoms with Crippen molar-refractivity contribution in [2.45, 2.75) is 38.8 Å². The van der Waals surface area contributed by atoms with E-state index >= 15 is 0 Å². The fourth-order valence-electron chi connectivity index (χ4n) is 2.92. The molecule has 0 amide bonds. The molecule has 1 N–H and O–H groups in total. The monoisotopic (exact) mass is 246 g/mol. The van der Waals surface area contributed by atoms with E-state index in [4.69, 9.17) is 0 Å². The molecule has 1 fully saturated rings. The molecule has 0 aromatic heterocycles. The van der Waals surface area contributed by atoms with Gasteiger partial charge in [-0.3, -0.25) is 4.90 Å². The Morgan fingerprint density at radius 3 is 2.72 bits per heavy atom. The predicted octanol–water partition coefficient (Wildman–Crippen LogP) is 2.90. The summed E-state index contributed by atoms with van der Waals surface area (Å²) >= 11 is 0. The fourth-order valence-corrected chi connectivity index (χ4v) is 2.92. The molecular formula is C16H26N2. The third kappa shape index (κ3) is 3.82. The summed E-state index contributed by atoms with van der Waals surface area (Å²) in [5.74, 6) is 0.843. The topological polar surface area (TPSA) is 15.3 Å². The highest BCUT2D eigenvalue weighted by Crippen LogP contribution is 2.21. The molecule has 0 spiro atoms. The van der Waals surface area contributed by atoms with Gasteiger partial charge in [0.15, 0.2) is 0 Å². The molecule has 1 aromatic rings. The molecule has 1 saturated heterocycles. The zero-order valence-electron chi connectivity index (χ0n) is 11.7. The second kappa shape index (κ2) is 6.91. The molecule has 1 aliphatic rings. The number of rotatable bonds is 4. The lowest BCUT2D eigenvalue weighted by molar-refractivity contribution is 0.267. The quantitative estimate of drug-likeness (QED) is 0.879. The second-order valence-electron chi connectivity index (χ2n) is 5.53. The van der Waals surface area contributed by atoms with Gasteiger partial charge in [0.2, 0.25) is 0 Å². The second-order valence-corrected chi connectivity index (χ2v) is 5.53. The molecule has 0 saturated carbocycles. The summed E-state index contributed by atoms with van der Waals surface area (Å²) < 4.78 is 0. The van der Waals surface area contributed by atoms with Gasteiger partial charge in [-0.25, -0.2) is 0 Å². The minimum Gasteiger partial charge on any atom is -0.317 e. The highest BCUT2D eigenvalue weighted by atomic mass is 15.1. The molecule has 18 heavy (non-hydrogen) atoms. The van der Waals surface area contributed by atoms with Crippen molar-refractivity contribution in [2.75, 3.05) is 20.1 Å². The van der Waals surface area contributed by atoms with E-state index in [1.807, 2.05) is 0 Å². The first-order valence-corrected chi connectivity index (χ1v) is 7.23. The lowest BCUT2D eigenvalue weighted by atomic mass is 9.93. The number of nitrogens with zero attached hydrogens (tertiary/aromatic N) is 1. The van der Waals surface area contributed by atoms with E-state index in [0.29, 0.717) is 6.04 Å². The summed E-state index contributed by atoms with van der Waals surface area (Å²) in [5, 5.41) is 3.41. The lowest BCUT2D eigenvalue weighted by Crippen LogP contribution is -2.31. The molecule has 1 heterocycles. The summed E-state index contributed by atoms with van der Waals surface area (Å²) in [7, 11) is 2.08. The number of likely N-dealkylation sites (tertiary alicyclic amines) is 1. The first-order chi connectivity index (χ1) is 8.79. The molecular weight excluding hydrogens is 220 g/mol. The van der Waals surface area contributed by atoms with Gasteiger partial charge in [0.25, 0.3) is 0 Å². The molecule has 2 heteroatoms. The zero-order chi connectivity index (χ0) is 12.8. The smallest absolute Gasteiger partial charge is 0.0233 e. The van der Waals surface area contributed by atoms with Crippen LogP contribution in [-0.4, -0.2) is 31.1 Å². The molecule has 2 rings (SSSR count). The van der Waals surface area contributed by atoms with Gasteiger partial charge in [0.05, 0.1) is 0 Å². The summed E-state index contributed by atoms with van der Waals surface area (Å²) in [6.45, 7) is 5.92. The summed E-state index contributed by atoms with van der Waals surface area (Å²) in [4.78, 5) is 2.61. The van der Waals surface area contributed by atoms with Crippen LogP contribution in [0.1, 0.15) is 31.7 Å². The van der Waals surface area contributed by atoms with Crippen LogP contribution in [0.3, 0.4) is 0 Å². The van der Waals surface area contributed by atoms with Crippen LogP contribution in [0.5, 0.6) is 0 Å². The fraction of sp³-hybridized carbons (Fsp3) is 0.625. The summed E-state index contributed by atoms with van der Waals surface area (Å²) in [6.07, 6.45) is 4.03. The van der Waals surface area contributed by atoms with Crippen molar-refractivity contribution in [1.29, 1.82) is 0 Å². The summed E-state index contributed by atoms with van der Waals surface area (Å²) in [6, 6.07) is 11.5. The normalized spacial score (nSPS) is 23.6. The highest BCUT2D eigenvalue weighted by molar-refractivity contribution is 5.14. The Labute approximate surface area is 111 Å². The van der Waals surface area contributed by atoms with Crippen molar-refractivity contribution in [3.63, 3.8) is 0 Å². The first kappa shape index (κ1) is 13.6. The van der Waals surface area contributed by atoms with Gasteiger partial charge in [0.1, 0.15) is 0 Å². The van der Waals surface area contributed by atoms with E-state index in [0.717, 1.165) is 12.5 Å². The number of hydrogen-bond acceptors (Lipinski definition) is 2. The number of hydrogen-bond donors (Lipinski definition) is 1. The van der Waals surface area contributed by atoms with Crippen molar-refractivity contribution < 1.29 is 0 Å². The average molecular weight is 246 g/mol. The number of nitrogens with one attached hydrogen (secondary N) is 1. The Hall–Kier alpha value is -0.860. The maximum absolute atomic E-state index is 3.41. The molecule has 2 atom stereocenters. The molecule has 1 aromatic carbocycles. The minimum atomic E-state index is 0.654. The van der Waals surface area contributed by atoms with Crippen molar-refractivity contribution in [3.8, 4) is 0 Å². The first-order valence-electron chi connectivity index (χ1n) is 7.23. The van der Waals surface area contributed by atoms with Crippen LogP contribution in [-0.2, 0) is 6.54 Å². The van der Waals surface area contributed by atoms with Crippen LogP contribution in [0.15, 0.2) is 30.3 Å². The minimum absolute atomic E-state index is 0.654. The molecule has 1 aliphatic heterocycles. The van der Waals surface area contributed by atoms with Crippen LogP contribution >= 0.6 is 0 Å².